The summed E-state index contributed by atoms with van der Waals surface area (Å²) >= 11 is 0. The van der Waals surface area contributed by atoms with Gasteiger partial charge in [-0.1, -0.05) is 41.0 Å². The minimum atomic E-state index is -0.406. The number of hydrogen-bond donors (Lipinski definition) is 2. The van der Waals surface area contributed by atoms with Crippen molar-refractivity contribution in [3.63, 3.8) is 0 Å². The Balaban J connectivity index is 0.000000791. The molecular weight excluding hydrogens is 331 g/mol. The van der Waals surface area contributed by atoms with Crippen LogP contribution in [-0.2, 0) is 0 Å². The molecule has 2 aromatic rings. The maximum absolute atomic E-state index is 13.6. The molecule has 1 aromatic heterocycles. The van der Waals surface area contributed by atoms with Gasteiger partial charge in [-0.25, -0.2) is 9.49 Å². The average Bonchev–Trinajstić information content (AvgIpc) is 2.67. The van der Waals surface area contributed by atoms with Crippen LogP contribution in [0.1, 0.15) is 59.1 Å². The zero-order valence-electron chi connectivity index (χ0n) is 16.9. The Bertz CT molecular complexity index is 744. The van der Waals surface area contributed by atoms with Gasteiger partial charge < -0.3 is 10.2 Å². The summed E-state index contributed by atoms with van der Waals surface area (Å²) in [5.41, 5.74) is 1.17. The highest BCUT2D eigenvalue weighted by Crippen LogP contribution is 2.33. The first-order valence-corrected chi connectivity index (χ1v) is 9.74. The minimum absolute atomic E-state index is 0.180. The Kier molecular flexibility index (Phi) is 9.27. The fourth-order valence-electron chi connectivity index (χ4n) is 3.10. The second kappa shape index (κ2) is 10.9. The van der Waals surface area contributed by atoms with Crippen LogP contribution in [-0.4, -0.2) is 41.8 Å². The van der Waals surface area contributed by atoms with Crippen molar-refractivity contribution in [2.24, 2.45) is 0 Å². The molecular formula is C20H33FN4O. The number of aromatic amines is 1. The molecule has 0 saturated carbocycles. The smallest absolute Gasteiger partial charge is 0.272 e. The molecule has 0 spiro atoms. The number of H-pyrrole nitrogens is 1. The number of unbranched alkanes of at least 4 members (excludes halogenated alkanes) is 1. The van der Waals surface area contributed by atoms with Crippen LogP contribution in [0.2, 0.25) is 0 Å². The van der Waals surface area contributed by atoms with Gasteiger partial charge >= 0.3 is 0 Å². The number of benzene rings is 1. The zero-order valence-corrected chi connectivity index (χ0v) is 16.9. The first-order valence-electron chi connectivity index (χ1n) is 9.74. The molecule has 26 heavy (non-hydrogen) atoms. The summed E-state index contributed by atoms with van der Waals surface area (Å²) in [6, 6.07) is 2.72. The normalized spacial score (nSPS) is 14.8. The van der Waals surface area contributed by atoms with Gasteiger partial charge in [-0.2, -0.15) is 5.10 Å². The quantitative estimate of drug-likeness (QED) is 0.828. The van der Waals surface area contributed by atoms with Crippen LogP contribution in [0.5, 0.6) is 0 Å². The van der Waals surface area contributed by atoms with Crippen molar-refractivity contribution in [3.8, 4) is 0 Å². The highest BCUT2D eigenvalue weighted by atomic mass is 19.1. The summed E-state index contributed by atoms with van der Waals surface area (Å²) in [6.07, 6.45) is 2.32. The number of aromatic nitrogens is 2. The van der Waals surface area contributed by atoms with E-state index in [2.05, 4.69) is 34.4 Å². The van der Waals surface area contributed by atoms with Crippen LogP contribution in [0.25, 0.3) is 10.8 Å². The summed E-state index contributed by atoms with van der Waals surface area (Å²) in [5.74, 6) is -0.227. The van der Waals surface area contributed by atoms with Crippen molar-refractivity contribution >= 4 is 16.5 Å². The largest absolute Gasteiger partial charge is 0.384 e. The van der Waals surface area contributed by atoms with Crippen LogP contribution in [0.4, 0.5) is 10.1 Å². The Labute approximate surface area is 156 Å². The molecule has 0 aliphatic carbocycles. The highest BCUT2D eigenvalue weighted by molar-refractivity contribution is 5.96. The van der Waals surface area contributed by atoms with Crippen LogP contribution in [0, 0.1) is 5.82 Å². The molecule has 1 aromatic carbocycles. The fraction of sp³-hybridized carbons (Fsp3) is 0.600. The zero-order chi connectivity index (χ0) is 19.7. The third kappa shape index (κ3) is 5.04. The van der Waals surface area contributed by atoms with Crippen molar-refractivity contribution in [1.29, 1.82) is 0 Å². The number of hydrogen-bond acceptors (Lipinski definition) is 4. The Hall–Kier alpha value is -1.95. The van der Waals surface area contributed by atoms with Gasteiger partial charge in [-0.3, -0.25) is 4.79 Å². The SMILES string of the molecule is CC.CC.CCCCN(C)CC1CNc2cc(F)cc3c(=O)[nH]nc1c23. The van der Waals surface area contributed by atoms with Crippen LogP contribution in [0.3, 0.4) is 0 Å². The molecule has 2 heterocycles. The summed E-state index contributed by atoms with van der Waals surface area (Å²) in [4.78, 5) is 14.2. The summed E-state index contributed by atoms with van der Waals surface area (Å²) < 4.78 is 13.6. The summed E-state index contributed by atoms with van der Waals surface area (Å²) in [7, 11) is 2.10. The average molecular weight is 365 g/mol. The number of anilines is 1. The van der Waals surface area contributed by atoms with Crippen LogP contribution >= 0.6 is 0 Å². The van der Waals surface area contributed by atoms with Gasteiger partial charge in [0.05, 0.1) is 11.1 Å². The predicted molar refractivity (Wildman–Crippen MR) is 109 cm³/mol. The van der Waals surface area contributed by atoms with Crippen LogP contribution in [0.15, 0.2) is 16.9 Å². The number of nitrogens with one attached hydrogen (secondary N) is 2. The van der Waals surface area contributed by atoms with Gasteiger partial charge in [-0.15, -0.1) is 0 Å². The van der Waals surface area contributed by atoms with Crippen molar-refractivity contribution in [1.82, 2.24) is 15.1 Å². The van der Waals surface area contributed by atoms with E-state index in [1.54, 1.807) is 0 Å². The lowest BCUT2D eigenvalue weighted by Crippen LogP contribution is -2.32. The van der Waals surface area contributed by atoms with E-state index < -0.39 is 5.82 Å². The summed E-state index contributed by atoms with van der Waals surface area (Å²) in [6.45, 7) is 12.8. The molecule has 3 rings (SSSR count). The monoisotopic (exact) mass is 364 g/mol. The van der Waals surface area contributed by atoms with Crippen molar-refractivity contribution in [2.45, 2.75) is 53.4 Å². The Morgan fingerprint density at radius 3 is 2.62 bits per heavy atom. The topological polar surface area (TPSA) is 61.0 Å². The minimum Gasteiger partial charge on any atom is -0.384 e. The van der Waals surface area contributed by atoms with E-state index in [1.165, 1.54) is 12.1 Å². The Morgan fingerprint density at radius 2 is 1.96 bits per heavy atom. The highest BCUT2D eigenvalue weighted by Gasteiger charge is 2.26. The molecule has 0 radical (unpaired) electrons. The van der Waals surface area contributed by atoms with E-state index >= 15 is 0 Å². The fourth-order valence-corrected chi connectivity index (χ4v) is 3.10. The molecule has 1 aliphatic rings. The van der Waals surface area contributed by atoms with E-state index in [0.29, 0.717) is 17.6 Å². The molecule has 5 nitrogen and oxygen atoms in total. The standard InChI is InChI=1S/C16H21FN4O.2C2H6/c1-3-4-5-21(2)9-10-8-18-13-7-11(17)6-12-14(13)15(10)19-20-16(12)22;2*1-2/h6-7,10,18H,3-5,8-9H2,1-2H3,(H,20,22);2*1-2H3. The Morgan fingerprint density at radius 1 is 1.27 bits per heavy atom. The van der Waals surface area contributed by atoms with Gasteiger partial charge in [0, 0.05) is 30.1 Å². The van der Waals surface area contributed by atoms with Gasteiger partial charge in [0.15, 0.2) is 0 Å². The van der Waals surface area contributed by atoms with Gasteiger partial charge in [0.25, 0.3) is 5.56 Å². The maximum atomic E-state index is 13.6. The molecule has 0 amide bonds. The van der Waals surface area contributed by atoms with Crippen LogP contribution < -0.4 is 10.9 Å². The van der Waals surface area contributed by atoms with E-state index in [0.717, 1.165) is 37.0 Å². The lowest BCUT2D eigenvalue weighted by Gasteiger charge is -2.29. The molecule has 2 N–H and O–H groups in total. The maximum Gasteiger partial charge on any atom is 0.272 e. The van der Waals surface area contributed by atoms with Gasteiger partial charge in [0.1, 0.15) is 5.82 Å². The lowest BCUT2D eigenvalue weighted by atomic mass is 9.94. The molecule has 0 bridgehead atoms. The first kappa shape index (κ1) is 22.1. The second-order valence-electron chi connectivity index (χ2n) is 6.01. The third-order valence-corrected chi connectivity index (χ3v) is 4.23. The molecule has 1 unspecified atom stereocenters. The second-order valence-corrected chi connectivity index (χ2v) is 6.01. The van der Waals surface area contributed by atoms with Crippen molar-refractivity contribution < 1.29 is 4.39 Å². The molecule has 6 heteroatoms. The van der Waals surface area contributed by atoms with E-state index in [9.17, 15) is 9.18 Å². The molecule has 0 fully saturated rings. The van der Waals surface area contributed by atoms with Crippen molar-refractivity contribution in [2.75, 3.05) is 32.0 Å². The van der Waals surface area contributed by atoms with Gasteiger partial charge in [-0.05, 0) is 32.1 Å². The third-order valence-electron chi connectivity index (χ3n) is 4.23. The predicted octanol–water partition coefficient (Wildman–Crippen LogP) is 4.36. The summed E-state index contributed by atoms with van der Waals surface area (Å²) in [5, 5.41) is 11.1. The molecule has 0 saturated heterocycles. The number of halogens is 1. The first-order chi connectivity index (χ1) is 12.6. The molecule has 1 atom stereocenters. The van der Waals surface area contributed by atoms with Gasteiger partial charge in [0.2, 0.25) is 0 Å². The van der Waals surface area contributed by atoms with E-state index in [4.69, 9.17) is 0 Å². The number of rotatable bonds is 5. The number of nitrogens with zero attached hydrogens (tertiary/aromatic N) is 2. The molecule has 146 valence electrons. The van der Waals surface area contributed by atoms with E-state index in [1.807, 2.05) is 27.7 Å². The molecule has 1 aliphatic heterocycles. The van der Waals surface area contributed by atoms with E-state index in [-0.39, 0.29) is 11.5 Å². The number of likely N-dealkylation sites (N-methyl/N-ethyl adjacent to an activating group) is 1. The lowest BCUT2D eigenvalue weighted by molar-refractivity contribution is 0.306. The van der Waals surface area contributed by atoms with Crippen molar-refractivity contribution in [3.05, 3.63) is 34.0 Å².